The van der Waals surface area contributed by atoms with E-state index in [0.717, 1.165) is 0 Å². The van der Waals surface area contributed by atoms with Crippen molar-refractivity contribution in [2.75, 3.05) is 7.11 Å². The van der Waals surface area contributed by atoms with E-state index in [0.29, 0.717) is 0 Å². The third-order valence-corrected chi connectivity index (χ3v) is 0.761. The number of rotatable bonds is 2. The molecule has 0 aliphatic rings. The van der Waals surface area contributed by atoms with Crippen molar-refractivity contribution in [3.05, 3.63) is 0 Å². The SMILES string of the molecule is COC(=O)OC(C)OC(C)=O. The van der Waals surface area contributed by atoms with Crippen LogP contribution in [0.5, 0.6) is 0 Å². The van der Waals surface area contributed by atoms with Gasteiger partial charge in [-0.15, -0.1) is 0 Å². The molecular weight excluding hydrogens is 152 g/mol. The van der Waals surface area contributed by atoms with Gasteiger partial charge in [0, 0.05) is 13.8 Å². The lowest BCUT2D eigenvalue weighted by Crippen LogP contribution is -2.20. The molecule has 0 bridgehead atoms. The highest BCUT2D eigenvalue weighted by molar-refractivity contribution is 5.66. The van der Waals surface area contributed by atoms with Gasteiger partial charge in [-0.1, -0.05) is 0 Å². The van der Waals surface area contributed by atoms with Crippen molar-refractivity contribution in [2.45, 2.75) is 20.1 Å². The van der Waals surface area contributed by atoms with Gasteiger partial charge in [0.2, 0.25) is 6.29 Å². The van der Waals surface area contributed by atoms with Crippen molar-refractivity contribution < 1.29 is 23.8 Å². The molecule has 0 rings (SSSR count). The number of ether oxygens (including phenoxy) is 3. The molecule has 0 saturated carbocycles. The van der Waals surface area contributed by atoms with Gasteiger partial charge in [0.25, 0.3) is 0 Å². The van der Waals surface area contributed by atoms with Crippen molar-refractivity contribution in [1.82, 2.24) is 0 Å². The molecule has 0 spiro atoms. The Morgan fingerprint density at radius 3 is 2.18 bits per heavy atom. The maximum absolute atomic E-state index is 10.4. The molecule has 0 aromatic carbocycles. The quantitative estimate of drug-likeness (QED) is 0.441. The van der Waals surface area contributed by atoms with Crippen LogP contribution in [0.3, 0.4) is 0 Å². The van der Waals surface area contributed by atoms with Gasteiger partial charge in [-0.2, -0.15) is 0 Å². The lowest BCUT2D eigenvalue weighted by Gasteiger charge is -2.10. The van der Waals surface area contributed by atoms with E-state index >= 15 is 0 Å². The Morgan fingerprint density at radius 1 is 1.27 bits per heavy atom. The number of hydrogen-bond acceptors (Lipinski definition) is 5. The van der Waals surface area contributed by atoms with Crippen molar-refractivity contribution >= 4 is 12.1 Å². The van der Waals surface area contributed by atoms with Crippen LogP contribution in [0.2, 0.25) is 0 Å². The summed E-state index contributed by atoms with van der Waals surface area (Å²) in [6.07, 6.45) is -1.78. The number of carbonyl (C=O) groups excluding carboxylic acids is 2. The van der Waals surface area contributed by atoms with Crippen LogP contribution in [0.4, 0.5) is 4.79 Å². The number of esters is 1. The Hall–Kier alpha value is -1.26. The van der Waals surface area contributed by atoms with Gasteiger partial charge in [-0.25, -0.2) is 4.79 Å². The van der Waals surface area contributed by atoms with Crippen LogP contribution >= 0.6 is 0 Å². The van der Waals surface area contributed by atoms with Gasteiger partial charge in [-0.05, 0) is 0 Å². The van der Waals surface area contributed by atoms with E-state index in [1.165, 1.54) is 21.0 Å². The molecule has 11 heavy (non-hydrogen) atoms. The molecule has 0 aromatic heterocycles. The largest absolute Gasteiger partial charge is 0.511 e. The Bertz CT molecular complexity index is 153. The summed E-state index contributed by atoms with van der Waals surface area (Å²) >= 11 is 0. The van der Waals surface area contributed by atoms with Crippen LogP contribution in [0, 0.1) is 0 Å². The molecule has 64 valence electrons. The first-order valence-electron chi connectivity index (χ1n) is 2.98. The van der Waals surface area contributed by atoms with Gasteiger partial charge in [-0.3, -0.25) is 4.79 Å². The number of carbonyl (C=O) groups is 2. The fourth-order valence-electron chi connectivity index (χ4n) is 0.441. The second-order valence-electron chi connectivity index (χ2n) is 1.75. The number of hydrogen-bond donors (Lipinski definition) is 0. The Kier molecular flexibility index (Phi) is 4.02. The average Bonchev–Trinajstić information content (AvgIpc) is 1.85. The summed E-state index contributed by atoms with van der Waals surface area (Å²) in [4.78, 5) is 20.6. The minimum absolute atomic E-state index is 0.513. The lowest BCUT2D eigenvalue weighted by molar-refractivity contribution is -0.164. The Balaban J connectivity index is 3.60. The van der Waals surface area contributed by atoms with Crippen LogP contribution < -0.4 is 0 Å². The van der Waals surface area contributed by atoms with Gasteiger partial charge in [0.1, 0.15) is 0 Å². The third kappa shape index (κ3) is 5.20. The highest BCUT2D eigenvalue weighted by atomic mass is 16.8. The van der Waals surface area contributed by atoms with Crippen LogP contribution in [-0.4, -0.2) is 25.5 Å². The average molecular weight is 162 g/mol. The summed E-state index contributed by atoms with van der Waals surface area (Å²) in [6, 6.07) is 0. The molecule has 5 nitrogen and oxygen atoms in total. The van der Waals surface area contributed by atoms with Gasteiger partial charge < -0.3 is 14.2 Å². The smallest absolute Gasteiger partial charge is 0.438 e. The molecule has 5 heteroatoms. The fraction of sp³-hybridized carbons (Fsp3) is 0.667. The fourth-order valence-corrected chi connectivity index (χ4v) is 0.441. The van der Waals surface area contributed by atoms with E-state index in [-0.39, 0.29) is 0 Å². The first kappa shape index (κ1) is 9.74. The van der Waals surface area contributed by atoms with Crippen molar-refractivity contribution in [3.63, 3.8) is 0 Å². The van der Waals surface area contributed by atoms with E-state index in [2.05, 4.69) is 14.2 Å². The lowest BCUT2D eigenvalue weighted by atomic mass is 10.7. The first-order valence-corrected chi connectivity index (χ1v) is 2.98. The minimum atomic E-state index is -0.903. The molecule has 1 atom stereocenters. The third-order valence-electron chi connectivity index (χ3n) is 0.761. The van der Waals surface area contributed by atoms with E-state index in [1.54, 1.807) is 0 Å². The van der Waals surface area contributed by atoms with Crippen LogP contribution in [-0.2, 0) is 19.0 Å². The van der Waals surface area contributed by atoms with Crippen LogP contribution in [0.1, 0.15) is 13.8 Å². The molecule has 0 fully saturated rings. The summed E-state index contributed by atoms with van der Waals surface area (Å²) in [5.41, 5.74) is 0. The molecule has 0 radical (unpaired) electrons. The first-order chi connectivity index (χ1) is 5.06. The summed E-state index contributed by atoms with van der Waals surface area (Å²) in [7, 11) is 1.17. The normalized spacial score (nSPS) is 11.5. The van der Waals surface area contributed by atoms with E-state index < -0.39 is 18.4 Å². The van der Waals surface area contributed by atoms with E-state index in [1.807, 2.05) is 0 Å². The molecule has 0 saturated heterocycles. The van der Waals surface area contributed by atoms with Crippen LogP contribution in [0.15, 0.2) is 0 Å². The minimum Gasteiger partial charge on any atom is -0.438 e. The van der Waals surface area contributed by atoms with Crippen LogP contribution in [0.25, 0.3) is 0 Å². The number of methoxy groups -OCH3 is 1. The summed E-state index contributed by atoms with van der Waals surface area (Å²) in [5, 5.41) is 0. The Morgan fingerprint density at radius 2 is 1.82 bits per heavy atom. The molecule has 0 N–H and O–H groups in total. The predicted molar refractivity (Wildman–Crippen MR) is 34.7 cm³/mol. The van der Waals surface area contributed by atoms with E-state index in [4.69, 9.17) is 0 Å². The Labute approximate surface area is 64.2 Å². The second-order valence-corrected chi connectivity index (χ2v) is 1.75. The van der Waals surface area contributed by atoms with Gasteiger partial charge in [0.15, 0.2) is 0 Å². The zero-order valence-electron chi connectivity index (χ0n) is 6.62. The summed E-state index contributed by atoms with van der Waals surface area (Å²) in [5.74, 6) is -0.513. The zero-order chi connectivity index (χ0) is 8.85. The maximum Gasteiger partial charge on any atom is 0.511 e. The molecule has 0 aromatic rings. The van der Waals surface area contributed by atoms with Gasteiger partial charge >= 0.3 is 12.1 Å². The summed E-state index contributed by atoms with van der Waals surface area (Å²) < 4.78 is 13.0. The predicted octanol–water partition coefficient (Wildman–Crippen LogP) is 0.678. The summed E-state index contributed by atoms with van der Waals surface area (Å²) in [6.45, 7) is 2.63. The highest BCUT2D eigenvalue weighted by Crippen LogP contribution is 1.95. The van der Waals surface area contributed by atoms with Crippen molar-refractivity contribution in [3.8, 4) is 0 Å². The molecular formula is C6H10O5. The molecule has 1 unspecified atom stereocenters. The van der Waals surface area contributed by atoms with Gasteiger partial charge in [0.05, 0.1) is 7.11 Å². The topological polar surface area (TPSA) is 61.8 Å². The van der Waals surface area contributed by atoms with Crippen molar-refractivity contribution in [2.24, 2.45) is 0 Å². The molecule has 0 heterocycles. The molecule has 0 aliphatic heterocycles. The van der Waals surface area contributed by atoms with E-state index in [9.17, 15) is 9.59 Å². The van der Waals surface area contributed by atoms with Crippen molar-refractivity contribution in [1.29, 1.82) is 0 Å². The standard InChI is InChI=1S/C6H10O5/c1-4(7)10-5(2)11-6(8)9-3/h5H,1-3H3. The second kappa shape index (κ2) is 4.54. The zero-order valence-corrected chi connectivity index (χ0v) is 6.62. The molecule has 0 aliphatic carbocycles. The highest BCUT2D eigenvalue weighted by Gasteiger charge is 2.10. The maximum atomic E-state index is 10.4. The molecule has 0 amide bonds. The monoisotopic (exact) mass is 162 g/mol.